The summed E-state index contributed by atoms with van der Waals surface area (Å²) < 4.78 is 0. The minimum atomic E-state index is -1.71. The van der Waals surface area contributed by atoms with E-state index in [0.29, 0.717) is 0 Å². The van der Waals surface area contributed by atoms with Crippen LogP contribution in [0.15, 0.2) is 0 Å². The third-order valence-corrected chi connectivity index (χ3v) is 2.13. The second kappa shape index (κ2) is 3.06. The van der Waals surface area contributed by atoms with Crippen LogP contribution in [0, 0.1) is 0 Å². The van der Waals surface area contributed by atoms with E-state index in [2.05, 4.69) is 0 Å². The molecule has 0 aliphatic carbocycles. The van der Waals surface area contributed by atoms with Gasteiger partial charge in [-0.05, 0) is 13.3 Å². The van der Waals surface area contributed by atoms with Crippen molar-refractivity contribution in [3.8, 4) is 0 Å². The van der Waals surface area contributed by atoms with Crippen molar-refractivity contribution in [2.45, 2.75) is 44.6 Å². The Balaban J connectivity index is 4.61. The molecule has 0 aromatic heterocycles. The lowest BCUT2D eigenvalue weighted by atomic mass is 9.85. The van der Waals surface area contributed by atoms with Crippen LogP contribution in [0.1, 0.15) is 27.2 Å². The lowest BCUT2D eigenvalue weighted by molar-refractivity contribution is -0.189. The summed E-state index contributed by atoms with van der Waals surface area (Å²) in [7, 11) is 0. The molecule has 68 valence electrons. The molecule has 0 amide bonds. The second-order valence-electron chi connectivity index (χ2n) is 3.15. The van der Waals surface area contributed by atoms with Gasteiger partial charge in [-0.15, -0.1) is 0 Å². The Labute approximate surface area is 66.7 Å². The van der Waals surface area contributed by atoms with E-state index < -0.39 is 17.4 Å². The first kappa shape index (κ1) is 10.8. The van der Waals surface area contributed by atoms with Crippen LogP contribution in [-0.2, 0) is 0 Å². The van der Waals surface area contributed by atoms with Crippen molar-refractivity contribution in [2.75, 3.05) is 0 Å². The molecule has 0 aromatic rings. The zero-order chi connectivity index (χ0) is 9.28. The van der Waals surface area contributed by atoms with Gasteiger partial charge in [-0.3, -0.25) is 0 Å². The normalized spacial score (nSPS) is 25.4. The highest BCUT2D eigenvalue weighted by atomic mass is 16.4. The zero-order valence-corrected chi connectivity index (χ0v) is 7.26. The van der Waals surface area contributed by atoms with Gasteiger partial charge < -0.3 is 21.1 Å². The summed E-state index contributed by atoms with van der Waals surface area (Å²) in [5.74, 6) is 0. The molecule has 0 heterocycles. The van der Waals surface area contributed by atoms with Crippen LogP contribution in [0.5, 0.6) is 0 Å². The fourth-order valence-corrected chi connectivity index (χ4v) is 1.10. The van der Waals surface area contributed by atoms with Gasteiger partial charge in [0.15, 0.2) is 11.7 Å². The van der Waals surface area contributed by atoms with Gasteiger partial charge in [0.25, 0.3) is 0 Å². The van der Waals surface area contributed by atoms with Gasteiger partial charge in [-0.1, -0.05) is 6.92 Å². The highest BCUT2D eigenvalue weighted by Gasteiger charge is 2.48. The maximum absolute atomic E-state index is 9.67. The number of rotatable bonds is 3. The largest absolute Gasteiger partial charge is 0.441 e. The smallest absolute Gasteiger partial charge is 0.184 e. The number of nitrogens with two attached hydrogens (primary N) is 1. The summed E-state index contributed by atoms with van der Waals surface area (Å²) in [6.45, 7) is 4.50. The molecule has 0 fully saturated rings. The summed E-state index contributed by atoms with van der Waals surface area (Å²) >= 11 is 0. The van der Waals surface area contributed by atoms with Crippen molar-refractivity contribution in [1.29, 1.82) is 0 Å². The quantitative estimate of drug-likeness (QED) is 0.365. The standard InChI is InChI=1S/C7H17NO3/c1-4-7(11,5(2)9)6(3,8)10/h5,9-11H,4,8H2,1-3H3/p+1/t5?,6-,7?/m0/s1. The Bertz CT molecular complexity index is 130. The van der Waals surface area contributed by atoms with Crippen LogP contribution < -0.4 is 5.73 Å². The molecule has 0 saturated heterocycles. The maximum atomic E-state index is 9.67. The van der Waals surface area contributed by atoms with E-state index in [9.17, 15) is 10.2 Å². The number of hydrogen-bond donors (Lipinski definition) is 3. The second-order valence-corrected chi connectivity index (χ2v) is 3.15. The van der Waals surface area contributed by atoms with Crippen LogP contribution in [0.25, 0.3) is 0 Å². The van der Waals surface area contributed by atoms with Crippen molar-refractivity contribution >= 4 is 0 Å². The Morgan fingerprint density at radius 1 is 1.55 bits per heavy atom. The average molecular weight is 164 g/mol. The first-order valence-electron chi connectivity index (χ1n) is 3.70. The van der Waals surface area contributed by atoms with Crippen molar-refractivity contribution < 1.29 is 15.3 Å². The monoisotopic (exact) mass is 164 g/mol. The molecule has 0 saturated carbocycles. The SMILES string of the molecule is CCC(O)(C(C)[OH2+])[C@@](C)(N)O. The van der Waals surface area contributed by atoms with Crippen molar-refractivity contribution in [2.24, 2.45) is 5.73 Å². The molecule has 0 aliphatic rings. The van der Waals surface area contributed by atoms with Crippen LogP contribution >= 0.6 is 0 Å². The third kappa shape index (κ3) is 1.90. The van der Waals surface area contributed by atoms with Crippen molar-refractivity contribution in [3.63, 3.8) is 0 Å². The van der Waals surface area contributed by atoms with Gasteiger partial charge in [-0.2, -0.15) is 0 Å². The van der Waals surface area contributed by atoms with E-state index in [0.717, 1.165) is 0 Å². The first-order valence-corrected chi connectivity index (χ1v) is 3.70. The maximum Gasteiger partial charge on any atom is 0.184 e. The highest BCUT2D eigenvalue weighted by molar-refractivity contribution is 4.95. The number of aliphatic hydroxyl groups is 2. The average Bonchev–Trinajstić information content (AvgIpc) is 1.83. The minimum absolute atomic E-state index is 0.265. The molecule has 6 N–H and O–H groups in total. The van der Waals surface area contributed by atoms with Gasteiger partial charge in [0.2, 0.25) is 0 Å². The molecule has 0 bridgehead atoms. The van der Waals surface area contributed by atoms with E-state index >= 15 is 0 Å². The van der Waals surface area contributed by atoms with Gasteiger partial charge in [0, 0.05) is 6.92 Å². The fraction of sp³-hybridized carbons (Fsp3) is 1.00. The Morgan fingerprint density at radius 3 is 1.91 bits per heavy atom. The number of hydrogen-bond acceptors (Lipinski definition) is 3. The van der Waals surface area contributed by atoms with E-state index in [1.807, 2.05) is 0 Å². The summed E-state index contributed by atoms with van der Waals surface area (Å²) in [4.78, 5) is 0. The van der Waals surface area contributed by atoms with Crippen molar-refractivity contribution in [1.82, 2.24) is 0 Å². The molecule has 2 unspecified atom stereocenters. The molecular formula is C7H18NO3+. The molecule has 0 aromatic carbocycles. The predicted molar refractivity (Wildman–Crippen MR) is 43.1 cm³/mol. The fourth-order valence-electron chi connectivity index (χ4n) is 1.10. The molecule has 0 rings (SSSR count). The van der Waals surface area contributed by atoms with Gasteiger partial charge in [0.1, 0.15) is 5.72 Å². The first-order chi connectivity index (χ1) is 4.75. The Kier molecular flexibility index (Phi) is 3.02. The van der Waals surface area contributed by atoms with E-state index in [-0.39, 0.29) is 6.42 Å². The zero-order valence-electron chi connectivity index (χ0n) is 7.26. The minimum Gasteiger partial charge on any atom is -0.441 e. The molecule has 0 spiro atoms. The van der Waals surface area contributed by atoms with Crippen molar-refractivity contribution in [3.05, 3.63) is 0 Å². The lowest BCUT2D eigenvalue weighted by Crippen LogP contribution is -2.63. The van der Waals surface area contributed by atoms with Crippen LogP contribution in [0.2, 0.25) is 0 Å². The van der Waals surface area contributed by atoms with Crippen LogP contribution in [0.3, 0.4) is 0 Å². The molecule has 4 nitrogen and oxygen atoms in total. The Morgan fingerprint density at radius 2 is 1.91 bits per heavy atom. The Hall–Kier alpha value is -0.160. The summed E-state index contributed by atoms with van der Waals surface area (Å²) in [6, 6.07) is 0. The van der Waals surface area contributed by atoms with Gasteiger partial charge in [-0.25, -0.2) is 0 Å². The molecule has 0 aliphatic heterocycles. The summed E-state index contributed by atoms with van der Waals surface area (Å²) in [5, 5.41) is 26.3. The van der Waals surface area contributed by atoms with E-state index in [4.69, 9.17) is 10.8 Å². The van der Waals surface area contributed by atoms with E-state index in [1.165, 1.54) is 13.8 Å². The molecule has 11 heavy (non-hydrogen) atoms. The summed E-state index contributed by atoms with van der Waals surface area (Å²) in [5.41, 5.74) is 2.08. The van der Waals surface area contributed by atoms with Gasteiger partial charge in [0.05, 0.1) is 0 Å². The molecule has 4 heteroatoms. The third-order valence-electron chi connectivity index (χ3n) is 2.13. The lowest BCUT2D eigenvalue weighted by Gasteiger charge is -2.37. The van der Waals surface area contributed by atoms with E-state index in [1.54, 1.807) is 6.92 Å². The molecular weight excluding hydrogens is 146 g/mol. The van der Waals surface area contributed by atoms with Crippen LogP contribution in [-0.4, -0.2) is 32.7 Å². The molecule has 0 radical (unpaired) electrons. The highest BCUT2D eigenvalue weighted by Crippen LogP contribution is 2.24. The van der Waals surface area contributed by atoms with Crippen LogP contribution in [0.4, 0.5) is 0 Å². The van der Waals surface area contributed by atoms with Gasteiger partial charge >= 0.3 is 0 Å². The molecule has 3 atom stereocenters. The predicted octanol–water partition coefficient (Wildman–Crippen LogP) is -1.09. The summed E-state index contributed by atoms with van der Waals surface area (Å²) in [6.07, 6.45) is -0.534. The topological polar surface area (TPSA) is 89.4 Å².